The molecule has 0 saturated heterocycles. The smallest absolute Gasteiger partial charge is 0.126 e. The average Bonchev–Trinajstić information content (AvgIpc) is 2.75. The summed E-state index contributed by atoms with van der Waals surface area (Å²) >= 11 is 1.45. The summed E-state index contributed by atoms with van der Waals surface area (Å²) < 4.78 is 26.2. The van der Waals surface area contributed by atoms with Crippen molar-refractivity contribution in [1.29, 1.82) is 0 Å². The number of aliphatic hydroxyl groups excluding tert-OH is 1. The van der Waals surface area contributed by atoms with Crippen molar-refractivity contribution in [2.45, 2.75) is 38.7 Å². The van der Waals surface area contributed by atoms with E-state index in [4.69, 9.17) is 0 Å². The van der Waals surface area contributed by atoms with Crippen LogP contribution < -0.4 is 0 Å². The molecule has 20 heavy (non-hydrogen) atoms. The average molecular weight is 297 g/mol. The third-order valence-electron chi connectivity index (χ3n) is 2.96. The second-order valence-electron chi connectivity index (χ2n) is 5.80. The van der Waals surface area contributed by atoms with Crippen molar-refractivity contribution < 1.29 is 13.9 Å². The molecule has 2 nitrogen and oxygen atoms in total. The summed E-state index contributed by atoms with van der Waals surface area (Å²) in [6.45, 7) is 6.18. The Morgan fingerprint density at radius 3 is 2.30 bits per heavy atom. The standard InChI is InChI=1S/C15H17F2NOS/c1-15(2,3)13-8-20-14(18-13)7-12(19)9-4-10(16)6-11(17)5-9/h4-6,8,12,19H,7H2,1-3H3. The molecule has 0 aliphatic heterocycles. The number of hydrogen-bond acceptors (Lipinski definition) is 3. The van der Waals surface area contributed by atoms with E-state index in [1.807, 2.05) is 5.38 Å². The van der Waals surface area contributed by atoms with E-state index < -0.39 is 17.7 Å². The first-order valence-corrected chi connectivity index (χ1v) is 7.22. The zero-order valence-corrected chi connectivity index (χ0v) is 12.5. The molecule has 2 aromatic rings. The van der Waals surface area contributed by atoms with Crippen LogP contribution in [0.4, 0.5) is 8.78 Å². The molecular weight excluding hydrogens is 280 g/mol. The summed E-state index contributed by atoms with van der Waals surface area (Å²) in [4.78, 5) is 4.46. The summed E-state index contributed by atoms with van der Waals surface area (Å²) in [6.07, 6.45) is -0.705. The topological polar surface area (TPSA) is 33.1 Å². The van der Waals surface area contributed by atoms with Crippen LogP contribution in [0.25, 0.3) is 0 Å². The first kappa shape index (κ1) is 15.1. The zero-order chi connectivity index (χ0) is 14.9. The minimum Gasteiger partial charge on any atom is -0.388 e. The van der Waals surface area contributed by atoms with Crippen molar-refractivity contribution in [3.63, 3.8) is 0 Å². The van der Waals surface area contributed by atoms with Crippen molar-refractivity contribution in [3.05, 3.63) is 51.5 Å². The number of rotatable bonds is 3. The Bertz CT molecular complexity index is 584. The Labute approximate surface area is 121 Å². The Kier molecular flexibility index (Phi) is 4.20. The molecule has 0 bridgehead atoms. The number of thiazole rings is 1. The van der Waals surface area contributed by atoms with Gasteiger partial charge in [-0.3, -0.25) is 0 Å². The number of halogens is 2. The molecule has 5 heteroatoms. The van der Waals surface area contributed by atoms with Crippen molar-refractivity contribution in [2.75, 3.05) is 0 Å². The minimum atomic E-state index is -0.959. The van der Waals surface area contributed by atoms with Gasteiger partial charge in [-0.1, -0.05) is 20.8 Å². The van der Waals surface area contributed by atoms with E-state index in [2.05, 4.69) is 25.8 Å². The molecule has 0 fully saturated rings. The predicted molar refractivity (Wildman–Crippen MR) is 75.8 cm³/mol. The Morgan fingerprint density at radius 1 is 1.20 bits per heavy atom. The van der Waals surface area contributed by atoms with Crippen LogP contribution in [0.15, 0.2) is 23.6 Å². The van der Waals surface area contributed by atoms with Gasteiger partial charge in [0.2, 0.25) is 0 Å². The third kappa shape index (κ3) is 3.61. The number of nitrogens with zero attached hydrogens (tertiary/aromatic N) is 1. The first-order valence-electron chi connectivity index (χ1n) is 6.34. The van der Waals surface area contributed by atoms with Crippen molar-refractivity contribution >= 4 is 11.3 Å². The highest BCUT2D eigenvalue weighted by Gasteiger charge is 2.19. The summed E-state index contributed by atoms with van der Waals surface area (Å²) in [5.74, 6) is -1.37. The van der Waals surface area contributed by atoms with E-state index in [-0.39, 0.29) is 17.4 Å². The second kappa shape index (κ2) is 5.58. The quantitative estimate of drug-likeness (QED) is 0.929. The van der Waals surface area contributed by atoms with Gasteiger partial charge in [0, 0.05) is 23.3 Å². The summed E-state index contributed by atoms with van der Waals surface area (Å²) in [5.41, 5.74) is 1.13. The molecule has 0 spiro atoms. The molecule has 0 radical (unpaired) electrons. The molecule has 1 aromatic heterocycles. The molecule has 0 aliphatic rings. The zero-order valence-electron chi connectivity index (χ0n) is 11.7. The largest absolute Gasteiger partial charge is 0.388 e. The lowest BCUT2D eigenvalue weighted by molar-refractivity contribution is 0.177. The molecule has 1 aromatic carbocycles. The van der Waals surface area contributed by atoms with E-state index >= 15 is 0 Å². The SMILES string of the molecule is CC(C)(C)c1csc(CC(O)c2cc(F)cc(F)c2)n1. The number of aromatic nitrogens is 1. The highest BCUT2D eigenvalue weighted by Crippen LogP contribution is 2.27. The third-order valence-corrected chi connectivity index (χ3v) is 3.83. The van der Waals surface area contributed by atoms with E-state index in [1.54, 1.807) is 0 Å². The van der Waals surface area contributed by atoms with Crippen LogP contribution >= 0.6 is 11.3 Å². The first-order chi connectivity index (χ1) is 9.25. The molecule has 1 heterocycles. The van der Waals surface area contributed by atoms with E-state index in [0.29, 0.717) is 0 Å². The number of hydrogen-bond donors (Lipinski definition) is 1. The van der Waals surface area contributed by atoms with Crippen LogP contribution in [-0.4, -0.2) is 10.1 Å². The lowest BCUT2D eigenvalue weighted by Crippen LogP contribution is -2.12. The van der Waals surface area contributed by atoms with Gasteiger partial charge in [-0.25, -0.2) is 13.8 Å². The molecule has 0 saturated carbocycles. The normalized spacial score (nSPS) is 13.5. The van der Waals surface area contributed by atoms with E-state index in [9.17, 15) is 13.9 Å². The van der Waals surface area contributed by atoms with Gasteiger partial charge < -0.3 is 5.11 Å². The lowest BCUT2D eigenvalue weighted by atomic mass is 9.93. The van der Waals surface area contributed by atoms with Crippen LogP contribution in [0.2, 0.25) is 0 Å². The van der Waals surface area contributed by atoms with Crippen LogP contribution in [-0.2, 0) is 11.8 Å². The summed E-state index contributed by atoms with van der Waals surface area (Å²) in [6, 6.07) is 3.08. The van der Waals surface area contributed by atoms with Gasteiger partial charge in [0.15, 0.2) is 0 Å². The van der Waals surface area contributed by atoms with Gasteiger partial charge >= 0.3 is 0 Å². The van der Waals surface area contributed by atoms with Crippen molar-refractivity contribution in [3.8, 4) is 0 Å². The fourth-order valence-corrected chi connectivity index (χ4v) is 2.86. The summed E-state index contributed by atoms with van der Waals surface area (Å²) in [5, 5.41) is 12.8. The van der Waals surface area contributed by atoms with E-state index in [1.165, 1.54) is 11.3 Å². The highest BCUT2D eigenvalue weighted by molar-refractivity contribution is 7.09. The van der Waals surface area contributed by atoms with Crippen molar-refractivity contribution in [1.82, 2.24) is 4.98 Å². The molecule has 1 N–H and O–H groups in total. The van der Waals surface area contributed by atoms with Gasteiger partial charge in [0.1, 0.15) is 11.6 Å². The molecule has 1 atom stereocenters. The van der Waals surface area contributed by atoms with Crippen LogP contribution in [0, 0.1) is 11.6 Å². The molecule has 108 valence electrons. The molecule has 2 rings (SSSR count). The van der Waals surface area contributed by atoms with Crippen LogP contribution in [0.3, 0.4) is 0 Å². The molecule has 1 unspecified atom stereocenters. The molecule has 0 aliphatic carbocycles. The summed E-state index contributed by atoms with van der Waals surface area (Å²) in [7, 11) is 0. The fourth-order valence-electron chi connectivity index (χ4n) is 1.80. The molecular formula is C15H17F2NOS. The number of aliphatic hydroxyl groups is 1. The van der Waals surface area contributed by atoms with Crippen LogP contribution in [0.5, 0.6) is 0 Å². The monoisotopic (exact) mass is 297 g/mol. The minimum absolute atomic E-state index is 0.0509. The lowest BCUT2D eigenvalue weighted by Gasteiger charge is -2.14. The van der Waals surface area contributed by atoms with Gasteiger partial charge in [0.05, 0.1) is 16.8 Å². The van der Waals surface area contributed by atoms with Gasteiger partial charge in [-0.05, 0) is 17.7 Å². The second-order valence-corrected chi connectivity index (χ2v) is 6.74. The highest BCUT2D eigenvalue weighted by atomic mass is 32.1. The van der Waals surface area contributed by atoms with Gasteiger partial charge in [0.25, 0.3) is 0 Å². The van der Waals surface area contributed by atoms with E-state index in [0.717, 1.165) is 28.9 Å². The van der Waals surface area contributed by atoms with Crippen molar-refractivity contribution in [2.24, 2.45) is 0 Å². The van der Waals surface area contributed by atoms with Crippen LogP contribution in [0.1, 0.15) is 43.1 Å². The Balaban J connectivity index is 2.15. The Hall–Kier alpha value is -1.33. The Morgan fingerprint density at radius 2 is 1.80 bits per heavy atom. The van der Waals surface area contributed by atoms with Gasteiger partial charge in [-0.15, -0.1) is 11.3 Å². The molecule has 0 amide bonds. The fraction of sp³-hybridized carbons (Fsp3) is 0.400. The maximum atomic E-state index is 13.1. The maximum Gasteiger partial charge on any atom is 0.126 e. The van der Waals surface area contributed by atoms with Gasteiger partial charge in [-0.2, -0.15) is 0 Å². The number of benzene rings is 1. The maximum absolute atomic E-state index is 13.1. The predicted octanol–water partition coefficient (Wildman–Crippen LogP) is 3.99.